The van der Waals surface area contributed by atoms with Gasteiger partial charge in [-0.25, -0.2) is 4.98 Å². The molecule has 0 radical (unpaired) electrons. The Bertz CT molecular complexity index is 676. The molecule has 2 aromatic rings. The third-order valence-corrected chi connectivity index (χ3v) is 3.63. The van der Waals surface area contributed by atoms with Gasteiger partial charge in [0, 0.05) is 24.8 Å². The highest BCUT2D eigenvalue weighted by atomic mass is 16.4. The van der Waals surface area contributed by atoms with Gasteiger partial charge in [-0.2, -0.15) is 0 Å². The molecule has 0 saturated carbocycles. The van der Waals surface area contributed by atoms with E-state index >= 15 is 0 Å². The molecule has 20 heavy (non-hydrogen) atoms. The molecule has 2 N–H and O–H groups in total. The van der Waals surface area contributed by atoms with E-state index in [9.17, 15) is 4.79 Å². The predicted molar refractivity (Wildman–Crippen MR) is 76.8 cm³/mol. The van der Waals surface area contributed by atoms with Crippen molar-refractivity contribution in [3.8, 4) is 0 Å². The molecule has 0 bridgehead atoms. The van der Waals surface area contributed by atoms with Crippen LogP contribution in [0.1, 0.15) is 34.1 Å². The maximum absolute atomic E-state index is 12.7. The molecule has 1 aliphatic heterocycles. The van der Waals surface area contributed by atoms with Crippen molar-refractivity contribution in [2.24, 2.45) is 0 Å². The van der Waals surface area contributed by atoms with Crippen molar-refractivity contribution in [1.29, 1.82) is 0 Å². The minimum Gasteiger partial charge on any atom is -0.436 e. The monoisotopic (exact) mass is 271 g/mol. The molecule has 1 aromatic carbocycles. The number of carbonyl (C=O) groups is 1. The van der Waals surface area contributed by atoms with Crippen LogP contribution < -0.4 is 10.6 Å². The Hall–Kier alpha value is -2.30. The van der Waals surface area contributed by atoms with E-state index < -0.39 is 0 Å². The molecule has 5 nitrogen and oxygen atoms in total. The number of hydrogen-bond donors (Lipinski definition) is 1. The third kappa shape index (κ3) is 1.95. The van der Waals surface area contributed by atoms with E-state index in [0.717, 1.165) is 29.8 Å². The summed E-state index contributed by atoms with van der Waals surface area (Å²) in [5.41, 5.74) is 9.30. The molecule has 0 spiro atoms. The molecule has 1 aliphatic rings. The van der Waals surface area contributed by atoms with Gasteiger partial charge in [-0.3, -0.25) is 4.79 Å². The fraction of sp³-hybridized carbons (Fsp3) is 0.333. The Labute approximate surface area is 117 Å². The van der Waals surface area contributed by atoms with Gasteiger partial charge in [0.25, 0.3) is 5.91 Å². The lowest BCUT2D eigenvalue weighted by atomic mass is 9.99. The number of anilines is 2. The van der Waals surface area contributed by atoms with Crippen LogP contribution in [0.2, 0.25) is 0 Å². The molecule has 1 aromatic heterocycles. The number of aromatic nitrogens is 1. The number of nitrogens with zero attached hydrogens (tertiary/aromatic N) is 2. The zero-order valence-corrected chi connectivity index (χ0v) is 11.6. The zero-order chi connectivity index (χ0) is 14.3. The Kier molecular flexibility index (Phi) is 2.97. The van der Waals surface area contributed by atoms with Gasteiger partial charge in [-0.1, -0.05) is 6.07 Å². The first-order valence-electron chi connectivity index (χ1n) is 6.71. The maximum atomic E-state index is 12.7. The van der Waals surface area contributed by atoms with E-state index in [4.69, 9.17) is 10.2 Å². The molecule has 0 saturated heterocycles. The molecule has 0 unspecified atom stereocenters. The fourth-order valence-electron chi connectivity index (χ4n) is 2.71. The molecule has 0 aliphatic carbocycles. The summed E-state index contributed by atoms with van der Waals surface area (Å²) in [6, 6.07) is 5.68. The summed E-state index contributed by atoms with van der Waals surface area (Å²) >= 11 is 0. The summed E-state index contributed by atoms with van der Waals surface area (Å²) in [7, 11) is 0. The first-order chi connectivity index (χ1) is 9.58. The van der Waals surface area contributed by atoms with E-state index in [0.29, 0.717) is 23.9 Å². The Morgan fingerprint density at radius 3 is 2.90 bits per heavy atom. The molecule has 104 valence electrons. The van der Waals surface area contributed by atoms with Crippen LogP contribution in [0.5, 0.6) is 0 Å². The van der Waals surface area contributed by atoms with Crippen molar-refractivity contribution in [3.63, 3.8) is 0 Å². The lowest BCUT2D eigenvalue weighted by Crippen LogP contribution is -2.35. The van der Waals surface area contributed by atoms with Crippen LogP contribution in [-0.4, -0.2) is 17.4 Å². The van der Waals surface area contributed by atoms with Crippen LogP contribution in [-0.2, 0) is 6.42 Å². The summed E-state index contributed by atoms with van der Waals surface area (Å²) in [5, 5.41) is 0. The summed E-state index contributed by atoms with van der Waals surface area (Å²) < 4.78 is 5.44. The van der Waals surface area contributed by atoms with E-state index in [2.05, 4.69) is 4.98 Å². The number of hydrogen-bond acceptors (Lipinski definition) is 4. The summed E-state index contributed by atoms with van der Waals surface area (Å²) in [4.78, 5) is 18.6. The van der Waals surface area contributed by atoms with Crippen LogP contribution in [0.15, 0.2) is 22.6 Å². The van der Waals surface area contributed by atoms with Gasteiger partial charge in [0.1, 0.15) is 0 Å². The second-order valence-corrected chi connectivity index (χ2v) is 5.05. The van der Waals surface area contributed by atoms with Crippen molar-refractivity contribution in [3.05, 3.63) is 41.1 Å². The van der Waals surface area contributed by atoms with E-state index in [1.807, 2.05) is 18.2 Å². The number of carbonyl (C=O) groups excluding carboxylic acids is 1. The van der Waals surface area contributed by atoms with E-state index in [1.54, 1.807) is 18.7 Å². The van der Waals surface area contributed by atoms with Crippen LogP contribution in [0.25, 0.3) is 0 Å². The average molecular weight is 271 g/mol. The zero-order valence-electron chi connectivity index (χ0n) is 11.6. The molecule has 0 fully saturated rings. The number of amides is 1. The van der Waals surface area contributed by atoms with Gasteiger partial charge >= 0.3 is 0 Å². The van der Waals surface area contributed by atoms with Gasteiger partial charge in [0.05, 0.1) is 5.69 Å². The average Bonchev–Trinajstić information content (AvgIpc) is 2.77. The first kappa shape index (κ1) is 12.7. The van der Waals surface area contributed by atoms with Crippen LogP contribution in [0.4, 0.5) is 11.4 Å². The van der Waals surface area contributed by atoms with Crippen molar-refractivity contribution < 1.29 is 9.21 Å². The molecule has 3 rings (SSSR count). The van der Waals surface area contributed by atoms with Crippen LogP contribution >= 0.6 is 0 Å². The molecular weight excluding hydrogens is 254 g/mol. The Balaban J connectivity index is 2.03. The summed E-state index contributed by atoms with van der Waals surface area (Å²) in [5.74, 6) is 0.683. The van der Waals surface area contributed by atoms with Crippen molar-refractivity contribution in [2.45, 2.75) is 26.7 Å². The van der Waals surface area contributed by atoms with Crippen LogP contribution in [0, 0.1) is 13.8 Å². The van der Waals surface area contributed by atoms with Crippen molar-refractivity contribution in [2.75, 3.05) is 17.2 Å². The van der Waals surface area contributed by atoms with Crippen molar-refractivity contribution in [1.82, 2.24) is 4.98 Å². The number of nitrogen functional groups attached to an aromatic ring is 1. The standard InChI is InChI=1S/C15H17N3O2/c1-9-14(20-10(2)17-9)15(19)18-8-4-5-11-12(16)6-3-7-13(11)18/h3,6-7H,4-5,8,16H2,1-2H3. The highest BCUT2D eigenvalue weighted by Gasteiger charge is 2.28. The predicted octanol–water partition coefficient (Wildman–Crippen LogP) is 2.47. The second-order valence-electron chi connectivity index (χ2n) is 5.05. The normalized spacial score (nSPS) is 14.2. The minimum atomic E-state index is -0.144. The molecule has 2 heterocycles. The molecule has 5 heteroatoms. The van der Waals surface area contributed by atoms with Gasteiger partial charge in [-0.05, 0) is 37.5 Å². The number of oxazole rings is 1. The second kappa shape index (κ2) is 4.67. The van der Waals surface area contributed by atoms with Gasteiger partial charge in [0.15, 0.2) is 5.89 Å². The van der Waals surface area contributed by atoms with Gasteiger partial charge < -0.3 is 15.1 Å². The van der Waals surface area contributed by atoms with Gasteiger partial charge in [0.2, 0.25) is 5.76 Å². The van der Waals surface area contributed by atoms with Crippen molar-refractivity contribution >= 4 is 17.3 Å². The van der Waals surface area contributed by atoms with Gasteiger partial charge in [-0.15, -0.1) is 0 Å². The number of benzene rings is 1. The minimum absolute atomic E-state index is 0.144. The topological polar surface area (TPSA) is 72.4 Å². The summed E-state index contributed by atoms with van der Waals surface area (Å²) in [6.07, 6.45) is 1.80. The van der Waals surface area contributed by atoms with E-state index in [1.165, 1.54) is 0 Å². The lowest BCUT2D eigenvalue weighted by molar-refractivity contribution is 0.0956. The fourth-order valence-corrected chi connectivity index (χ4v) is 2.71. The van der Waals surface area contributed by atoms with Crippen LogP contribution in [0.3, 0.4) is 0 Å². The number of fused-ring (bicyclic) bond motifs is 1. The summed E-state index contributed by atoms with van der Waals surface area (Å²) in [6.45, 7) is 4.20. The quantitative estimate of drug-likeness (QED) is 0.809. The highest BCUT2D eigenvalue weighted by molar-refractivity contribution is 6.06. The largest absolute Gasteiger partial charge is 0.436 e. The first-order valence-corrected chi connectivity index (χ1v) is 6.71. The Morgan fingerprint density at radius 1 is 1.40 bits per heavy atom. The number of aryl methyl sites for hydroxylation is 2. The lowest BCUT2D eigenvalue weighted by Gasteiger charge is -2.29. The smallest absolute Gasteiger partial charge is 0.295 e. The highest BCUT2D eigenvalue weighted by Crippen LogP contribution is 2.32. The Morgan fingerprint density at radius 2 is 2.20 bits per heavy atom. The SMILES string of the molecule is Cc1nc(C)c(C(=O)N2CCCc3c(N)cccc32)o1. The van der Waals surface area contributed by atoms with E-state index in [-0.39, 0.29) is 5.91 Å². The third-order valence-electron chi connectivity index (χ3n) is 3.63. The maximum Gasteiger partial charge on any atom is 0.295 e. The molecule has 1 amide bonds. The molecular formula is C15H17N3O2. The molecule has 0 atom stereocenters. The number of rotatable bonds is 1. The number of nitrogens with two attached hydrogens (primary N) is 1.